The van der Waals surface area contributed by atoms with Gasteiger partial charge >= 0.3 is 6.18 Å². The SMILES string of the molecule is O=C1c2cccc(N3CCN(Cc4ccccc4C(F)(F)F)CC3)c2C(=O)N1CC1CCCO1. The molecule has 5 rings (SSSR count). The van der Waals surface area contributed by atoms with Gasteiger partial charge in [0.25, 0.3) is 11.8 Å². The highest BCUT2D eigenvalue weighted by molar-refractivity contribution is 6.23. The lowest BCUT2D eigenvalue weighted by molar-refractivity contribution is -0.138. The number of carbonyl (C=O) groups is 2. The van der Waals surface area contributed by atoms with Crippen LogP contribution in [0.15, 0.2) is 42.5 Å². The highest BCUT2D eigenvalue weighted by atomic mass is 19.4. The van der Waals surface area contributed by atoms with Crippen molar-refractivity contribution in [1.29, 1.82) is 0 Å². The van der Waals surface area contributed by atoms with E-state index in [1.165, 1.54) is 17.0 Å². The van der Waals surface area contributed by atoms with Gasteiger partial charge in [0.1, 0.15) is 0 Å². The normalized spacial score (nSPS) is 21.4. The van der Waals surface area contributed by atoms with Gasteiger partial charge < -0.3 is 9.64 Å². The third kappa shape index (κ3) is 4.30. The molecule has 0 aromatic heterocycles. The average molecular weight is 473 g/mol. The van der Waals surface area contributed by atoms with E-state index in [2.05, 4.69) is 0 Å². The molecule has 3 heterocycles. The van der Waals surface area contributed by atoms with E-state index in [-0.39, 0.29) is 36.6 Å². The minimum Gasteiger partial charge on any atom is -0.376 e. The number of benzene rings is 2. The quantitative estimate of drug-likeness (QED) is 0.619. The topological polar surface area (TPSA) is 53.1 Å². The lowest BCUT2D eigenvalue weighted by Crippen LogP contribution is -2.46. The van der Waals surface area contributed by atoms with Crippen LogP contribution in [0.3, 0.4) is 0 Å². The summed E-state index contributed by atoms with van der Waals surface area (Å²) in [5.74, 6) is -0.590. The number of piperazine rings is 1. The first kappa shape index (κ1) is 22.9. The zero-order chi connectivity index (χ0) is 23.9. The summed E-state index contributed by atoms with van der Waals surface area (Å²) in [6, 6.07) is 11.0. The molecule has 0 bridgehead atoms. The lowest BCUT2D eigenvalue weighted by atomic mass is 10.0. The van der Waals surface area contributed by atoms with Crippen molar-refractivity contribution >= 4 is 17.5 Å². The lowest BCUT2D eigenvalue weighted by Gasteiger charge is -2.37. The Morgan fingerprint density at radius 3 is 2.41 bits per heavy atom. The summed E-state index contributed by atoms with van der Waals surface area (Å²) in [6.45, 7) is 3.34. The highest BCUT2D eigenvalue weighted by Crippen LogP contribution is 2.34. The summed E-state index contributed by atoms with van der Waals surface area (Å²) in [5, 5.41) is 0. The minimum absolute atomic E-state index is 0.117. The number of imide groups is 1. The zero-order valence-electron chi connectivity index (χ0n) is 18.7. The van der Waals surface area contributed by atoms with Crippen LogP contribution in [0.2, 0.25) is 0 Å². The van der Waals surface area contributed by atoms with Gasteiger partial charge in [-0.3, -0.25) is 19.4 Å². The van der Waals surface area contributed by atoms with Gasteiger partial charge in [-0.05, 0) is 36.6 Å². The van der Waals surface area contributed by atoms with Gasteiger partial charge in [0.2, 0.25) is 0 Å². The Balaban J connectivity index is 1.28. The van der Waals surface area contributed by atoms with Gasteiger partial charge in [0.15, 0.2) is 0 Å². The van der Waals surface area contributed by atoms with E-state index in [0.717, 1.165) is 18.9 Å². The fourth-order valence-electron chi connectivity index (χ4n) is 5.06. The second-order valence-electron chi connectivity index (χ2n) is 8.97. The van der Waals surface area contributed by atoms with Gasteiger partial charge in [-0.15, -0.1) is 0 Å². The molecule has 2 aromatic rings. The Hall–Kier alpha value is -2.91. The Labute approximate surface area is 195 Å². The number of ether oxygens (including phenoxy) is 1. The summed E-state index contributed by atoms with van der Waals surface area (Å²) in [7, 11) is 0. The molecule has 1 unspecified atom stereocenters. The van der Waals surface area contributed by atoms with Gasteiger partial charge in [-0.2, -0.15) is 13.2 Å². The van der Waals surface area contributed by atoms with Crippen molar-refractivity contribution in [1.82, 2.24) is 9.80 Å². The van der Waals surface area contributed by atoms with Crippen LogP contribution in [0.4, 0.5) is 18.9 Å². The van der Waals surface area contributed by atoms with Crippen molar-refractivity contribution in [3.8, 4) is 0 Å². The molecule has 0 N–H and O–H groups in total. The number of fused-ring (bicyclic) bond motifs is 1. The monoisotopic (exact) mass is 473 g/mol. The van der Waals surface area contributed by atoms with E-state index in [9.17, 15) is 22.8 Å². The zero-order valence-corrected chi connectivity index (χ0v) is 18.7. The molecule has 2 fully saturated rings. The summed E-state index contributed by atoms with van der Waals surface area (Å²) in [4.78, 5) is 31.5. The molecule has 0 aliphatic carbocycles. The Bertz CT molecular complexity index is 1090. The van der Waals surface area contributed by atoms with Crippen LogP contribution in [0, 0.1) is 0 Å². The fraction of sp³-hybridized carbons (Fsp3) is 0.440. The third-order valence-corrected chi connectivity index (χ3v) is 6.82. The van der Waals surface area contributed by atoms with Crippen LogP contribution < -0.4 is 4.90 Å². The first-order chi connectivity index (χ1) is 16.3. The molecule has 2 aromatic carbocycles. The van der Waals surface area contributed by atoms with Crippen LogP contribution in [0.1, 0.15) is 44.7 Å². The molecular weight excluding hydrogens is 447 g/mol. The summed E-state index contributed by atoms with van der Waals surface area (Å²) < 4.78 is 45.6. The third-order valence-electron chi connectivity index (χ3n) is 6.82. The minimum atomic E-state index is -4.38. The van der Waals surface area contributed by atoms with E-state index in [1.54, 1.807) is 18.2 Å². The number of halogens is 3. The number of hydrogen-bond donors (Lipinski definition) is 0. The van der Waals surface area contributed by atoms with E-state index >= 15 is 0 Å². The smallest absolute Gasteiger partial charge is 0.376 e. The molecule has 34 heavy (non-hydrogen) atoms. The molecule has 3 aliphatic heterocycles. The maximum absolute atomic E-state index is 13.3. The van der Waals surface area contributed by atoms with Gasteiger partial charge in [-0.1, -0.05) is 24.3 Å². The average Bonchev–Trinajstić information content (AvgIpc) is 3.42. The largest absolute Gasteiger partial charge is 0.416 e. The van der Waals surface area contributed by atoms with Gasteiger partial charge in [0, 0.05) is 39.3 Å². The number of amides is 2. The predicted octanol–water partition coefficient (Wildman–Crippen LogP) is 3.80. The standard InChI is InChI=1S/C25H26F3N3O3/c26-25(27,28)20-8-2-1-5-17(20)15-29-10-12-30(13-11-29)21-9-3-7-19-22(21)24(33)31(23(19)32)16-18-6-4-14-34-18/h1-3,5,7-9,18H,4,6,10-16H2. The number of rotatable bonds is 5. The van der Waals surface area contributed by atoms with Crippen LogP contribution in [0.25, 0.3) is 0 Å². The van der Waals surface area contributed by atoms with Crippen molar-refractivity contribution < 1.29 is 27.5 Å². The molecule has 0 saturated carbocycles. The number of carbonyl (C=O) groups excluding carboxylic acids is 2. The summed E-state index contributed by atoms with van der Waals surface area (Å²) in [6.07, 6.45) is -2.74. The summed E-state index contributed by atoms with van der Waals surface area (Å²) >= 11 is 0. The molecule has 2 amide bonds. The molecule has 0 spiro atoms. The molecule has 3 aliphatic rings. The number of hydrogen-bond acceptors (Lipinski definition) is 5. The maximum Gasteiger partial charge on any atom is 0.416 e. The molecule has 2 saturated heterocycles. The van der Waals surface area contributed by atoms with Crippen LogP contribution >= 0.6 is 0 Å². The molecule has 9 heteroatoms. The van der Waals surface area contributed by atoms with Crippen molar-refractivity contribution in [2.24, 2.45) is 0 Å². The molecule has 1 atom stereocenters. The molecule has 6 nitrogen and oxygen atoms in total. The second kappa shape index (κ2) is 9.03. The Kier molecular flexibility index (Phi) is 6.07. The number of nitrogens with zero attached hydrogens (tertiary/aromatic N) is 3. The first-order valence-corrected chi connectivity index (χ1v) is 11.6. The van der Waals surface area contributed by atoms with E-state index < -0.39 is 11.7 Å². The van der Waals surface area contributed by atoms with Gasteiger partial charge in [0.05, 0.1) is 35.0 Å². The van der Waals surface area contributed by atoms with Crippen molar-refractivity contribution in [2.75, 3.05) is 44.2 Å². The maximum atomic E-state index is 13.3. The van der Waals surface area contributed by atoms with E-state index in [0.29, 0.717) is 49.6 Å². The second-order valence-corrected chi connectivity index (χ2v) is 8.97. The predicted molar refractivity (Wildman–Crippen MR) is 120 cm³/mol. The Morgan fingerprint density at radius 1 is 0.941 bits per heavy atom. The fourth-order valence-corrected chi connectivity index (χ4v) is 5.06. The van der Waals surface area contributed by atoms with Crippen molar-refractivity contribution in [2.45, 2.75) is 31.7 Å². The molecular formula is C25H26F3N3O3. The van der Waals surface area contributed by atoms with Crippen LogP contribution in [-0.2, 0) is 17.5 Å². The van der Waals surface area contributed by atoms with E-state index in [1.807, 2.05) is 15.9 Å². The van der Waals surface area contributed by atoms with E-state index in [4.69, 9.17) is 4.74 Å². The molecule has 180 valence electrons. The number of alkyl halides is 3. The van der Waals surface area contributed by atoms with Crippen molar-refractivity contribution in [3.63, 3.8) is 0 Å². The van der Waals surface area contributed by atoms with Crippen LogP contribution in [-0.4, -0.2) is 67.0 Å². The molecule has 0 radical (unpaired) electrons. The first-order valence-electron chi connectivity index (χ1n) is 11.6. The highest BCUT2D eigenvalue weighted by Gasteiger charge is 2.40. The van der Waals surface area contributed by atoms with Gasteiger partial charge in [-0.25, -0.2) is 0 Å². The Morgan fingerprint density at radius 2 is 1.71 bits per heavy atom. The van der Waals surface area contributed by atoms with Crippen LogP contribution in [0.5, 0.6) is 0 Å². The van der Waals surface area contributed by atoms with Crippen molar-refractivity contribution in [3.05, 3.63) is 64.7 Å². The number of anilines is 1. The summed E-state index contributed by atoms with van der Waals surface area (Å²) in [5.41, 5.74) is 1.19.